The summed E-state index contributed by atoms with van der Waals surface area (Å²) in [5.41, 5.74) is 2.68. The molecule has 2 aromatic carbocycles. The fraction of sp³-hybridized carbons (Fsp3) is 0. The SMILES string of the molecule is O=c1nc2c(-c3ccccc3)n[nH]n2c2ccccc12. The third-order valence-corrected chi connectivity index (χ3v) is 3.32. The molecule has 20 heavy (non-hydrogen) atoms. The maximum Gasteiger partial charge on any atom is 0.281 e. The summed E-state index contributed by atoms with van der Waals surface area (Å²) in [7, 11) is 0. The van der Waals surface area contributed by atoms with Crippen LogP contribution in [-0.4, -0.2) is 19.8 Å². The molecule has 4 aromatic rings. The van der Waals surface area contributed by atoms with E-state index >= 15 is 0 Å². The van der Waals surface area contributed by atoms with Crippen LogP contribution in [0.4, 0.5) is 0 Å². The van der Waals surface area contributed by atoms with Gasteiger partial charge in [-0.2, -0.15) is 10.1 Å². The van der Waals surface area contributed by atoms with Gasteiger partial charge >= 0.3 is 0 Å². The molecule has 0 aliphatic carbocycles. The second-order valence-corrected chi connectivity index (χ2v) is 4.52. The molecule has 0 saturated carbocycles. The Bertz CT molecular complexity index is 969. The number of para-hydroxylation sites is 1. The van der Waals surface area contributed by atoms with Crippen LogP contribution in [0, 0.1) is 0 Å². The van der Waals surface area contributed by atoms with Crippen LogP contribution in [0.5, 0.6) is 0 Å². The molecule has 0 aliphatic rings. The van der Waals surface area contributed by atoms with Gasteiger partial charge in [0.25, 0.3) is 5.56 Å². The van der Waals surface area contributed by atoms with E-state index in [9.17, 15) is 4.79 Å². The first-order chi connectivity index (χ1) is 9.84. The van der Waals surface area contributed by atoms with Crippen LogP contribution in [-0.2, 0) is 0 Å². The Morgan fingerprint density at radius 1 is 0.950 bits per heavy atom. The molecule has 0 amide bonds. The van der Waals surface area contributed by atoms with Crippen LogP contribution in [0.15, 0.2) is 59.4 Å². The Morgan fingerprint density at radius 3 is 2.55 bits per heavy atom. The maximum atomic E-state index is 12.1. The number of nitrogens with one attached hydrogen (secondary N) is 1. The standard InChI is InChI=1S/C15H10N4O/c20-15-11-8-4-5-9-12(11)19-14(16-15)13(17-18-19)10-6-2-1-3-7-10/h1-9,18H. The van der Waals surface area contributed by atoms with Crippen molar-refractivity contribution in [1.82, 2.24) is 19.8 Å². The van der Waals surface area contributed by atoms with E-state index in [2.05, 4.69) is 15.3 Å². The number of hydrogen-bond acceptors (Lipinski definition) is 3. The number of nitrogens with zero attached hydrogens (tertiary/aromatic N) is 3. The van der Waals surface area contributed by atoms with Crippen LogP contribution in [0.2, 0.25) is 0 Å². The molecule has 0 bridgehead atoms. The Kier molecular flexibility index (Phi) is 2.20. The minimum absolute atomic E-state index is 0.237. The highest BCUT2D eigenvalue weighted by atomic mass is 16.1. The van der Waals surface area contributed by atoms with Crippen molar-refractivity contribution in [3.8, 4) is 11.3 Å². The van der Waals surface area contributed by atoms with Crippen molar-refractivity contribution in [3.63, 3.8) is 0 Å². The topological polar surface area (TPSA) is 63.0 Å². The fourth-order valence-electron chi connectivity index (χ4n) is 2.37. The molecule has 1 N–H and O–H groups in total. The first-order valence-corrected chi connectivity index (χ1v) is 6.26. The second kappa shape index (κ2) is 4.03. The summed E-state index contributed by atoms with van der Waals surface area (Å²) >= 11 is 0. The predicted octanol–water partition coefficient (Wildman–Crippen LogP) is 2.24. The van der Waals surface area contributed by atoms with E-state index in [1.165, 1.54) is 0 Å². The summed E-state index contributed by atoms with van der Waals surface area (Å²) in [4.78, 5) is 16.3. The molecule has 2 heterocycles. The van der Waals surface area contributed by atoms with E-state index in [0.29, 0.717) is 16.7 Å². The molecule has 2 aromatic heterocycles. The summed E-state index contributed by atoms with van der Waals surface area (Å²) in [6.45, 7) is 0. The van der Waals surface area contributed by atoms with Gasteiger partial charge in [-0.05, 0) is 12.1 Å². The zero-order valence-corrected chi connectivity index (χ0v) is 10.4. The summed E-state index contributed by atoms with van der Waals surface area (Å²) in [5, 5.41) is 7.79. The smallest absolute Gasteiger partial charge is 0.267 e. The highest BCUT2D eigenvalue weighted by Gasteiger charge is 2.12. The second-order valence-electron chi connectivity index (χ2n) is 4.52. The lowest BCUT2D eigenvalue weighted by Crippen LogP contribution is -2.10. The molecule has 0 atom stereocenters. The third kappa shape index (κ3) is 1.46. The number of H-pyrrole nitrogens is 1. The molecule has 5 heteroatoms. The maximum absolute atomic E-state index is 12.1. The minimum atomic E-state index is -0.237. The molecule has 5 nitrogen and oxygen atoms in total. The van der Waals surface area contributed by atoms with Gasteiger partial charge < -0.3 is 0 Å². The molecule has 0 spiro atoms. The van der Waals surface area contributed by atoms with Gasteiger partial charge in [0.2, 0.25) is 0 Å². The van der Waals surface area contributed by atoms with Gasteiger partial charge in [0.15, 0.2) is 5.65 Å². The van der Waals surface area contributed by atoms with E-state index in [1.807, 2.05) is 48.5 Å². The molecule has 0 aliphatic heterocycles. The molecule has 0 unspecified atom stereocenters. The molecule has 0 saturated heterocycles. The summed E-state index contributed by atoms with van der Waals surface area (Å²) in [5.74, 6) is 0. The van der Waals surface area contributed by atoms with Crippen molar-refractivity contribution < 1.29 is 0 Å². The van der Waals surface area contributed by atoms with Gasteiger partial charge in [0.05, 0.1) is 10.9 Å². The van der Waals surface area contributed by atoms with Gasteiger partial charge in [-0.15, -0.1) is 0 Å². The average molecular weight is 262 g/mol. The molecule has 0 radical (unpaired) electrons. The van der Waals surface area contributed by atoms with Crippen LogP contribution in [0.1, 0.15) is 0 Å². The quantitative estimate of drug-likeness (QED) is 0.572. The zero-order valence-electron chi connectivity index (χ0n) is 10.4. The number of fused-ring (bicyclic) bond motifs is 3. The number of hydrogen-bond donors (Lipinski definition) is 1. The predicted molar refractivity (Wildman–Crippen MR) is 76.5 cm³/mol. The first kappa shape index (κ1) is 10.9. The third-order valence-electron chi connectivity index (χ3n) is 3.32. The summed E-state index contributed by atoms with van der Waals surface area (Å²) in [6, 6.07) is 17.0. The number of aromatic amines is 1. The van der Waals surface area contributed by atoms with Gasteiger partial charge in [-0.3, -0.25) is 4.79 Å². The molecule has 0 fully saturated rings. The Hall–Kier alpha value is -2.95. The van der Waals surface area contributed by atoms with E-state index in [0.717, 1.165) is 11.1 Å². The number of rotatable bonds is 1. The van der Waals surface area contributed by atoms with E-state index < -0.39 is 0 Å². The van der Waals surface area contributed by atoms with Crippen molar-refractivity contribution in [2.24, 2.45) is 0 Å². The lowest BCUT2D eigenvalue weighted by molar-refractivity contribution is 0.874. The lowest BCUT2D eigenvalue weighted by atomic mass is 10.1. The Labute approximate surface area is 113 Å². The monoisotopic (exact) mass is 262 g/mol. The Balaban J connectivity index is 2.15. The molecular formula is C15H10N4O. The van der Waals surface area contributed by atoms with Crippen LogP contribution < -0.4 is 5.56 Å². The highest BCUT2D eigenvalue weighted by Crippen LogP contribution is 2.21. The summed E-state index contributed by atoms with van der Waals surface area (Å²) in [6.07, 6.45) is 0. The number of benzene rings is 2. The summed E-state index contributed by atoms with van der Waals surface area (Å²) < 4.78 is 1.74. The minimum Gasteiger partial charge on any atom is -0.267 e. The van der Waals surface area contributed by atoms with Gasteiger partial charge in [-0.1, -0.05) is 42.5 Å². The average Bonchev–Trinajstić information content (AvgIpc) is 2.92. The normalized spacial score (nSPS) is 11.2. The van der Waals surface area contributed by atoms with Crippen molar-refractivity contribution in [1.29, 1.82) is 0 Å². The van der Waals surface area contributed by atoms with Crippen LogP contribution in [0.3, 0.4) is 0 Å². The van der Waals surface area contributed by atoms with Crippen LogP contribution >= 0.6 is 0 Å². The van der Waals surface area contributed by atoms with Gasteiger partial charge in [0, 0.05) is 5.56 Å². The fourth-order valence-corrected chi connectivity index (χ4v) is 2.37. The van der Waals surface area contributed by atoms with Gasteiger partial charge in [0.1, 0.15) is 5.69 Å². The van der Waals surface area contributed by atoms with E-state index in [4.69, 9.17) is 0 Å². The zero-order chi connectivity index (χ0) is 13.5. The van der Waals surface area contributed by atoms with Crippen LogP contribution in [0.25, 0.3) is 27.8 Å². The molecular weight excluding hydrogens is 252 g/mol. The van der Waals surface area contributed by atoms with E-state index in [1.54, 1.807) is 10.6 Å². The highest BCUT2D eigenvalue weighted by molar-refractivity contribution is 5.83. The van der Waals surface area contributed by atoms with Crippen molar-refractivity contribution >= 4 is 16.6 Å². The van der Waals surface area contributed by atoms with Crippen molar-refractivity contribution in [2.45, 2.75) is 0 Å². The number of aromatic nitrogens is 4. The molecule has 96 valence electrons. The largest absolute Gasteiger partial charge is 0.281 e. The van der Waals surface area contributed by atoms with Crippen molar-refractivity contribution in [2.75, 3.05) is 0 Å². The van der Waals surface area contributed by atoms with Crippen molar-refractivity contribution in [3.05, 3.63) is 65.0 Å². The van der Waals surface area contributed by atoms with Gasteiger partial charge in [-0.25, -0.2) is 9.73 Å². The van der Waals surface area contributed by atoms with E-state index in [-0.39, 0.29) is 5.56 Å². The first-order valence-electron chi connectivity index (χ1n) is 6.26. The molecule has 4 rings (SSSR count). The lowest BCUT2D eigenvalue weighted by Gasteiger charge is -2.00. The Morgan fingerprint density at radius 2 is 1.70 bits per heavy atom.